The van der Waals surface area contributed by atoms with E-state index in [1.807, 2.05) is 0 Å². The fourth-order valence-electron chi connectivity index (χ4n) is 2.48. The van der Waals surface area contributed by atoms with E-state index in [4.69, 9.17) is 4.74 Å². The Hall–Kier alpha value is -1.30. The molecule has 0 saturated carbocycles. The molecule has 2 aliphatic heterocycles. The Morgan fingerprint density at radius 1 is 1.21 bits per heavy atom. The van der Waals surface area contributed by atoms with Crippen LogP contribution in [-0.2, 0) is 9.53 Å². The van der Waals surface area contributed by atoms with Crippen LogP contribution in [0.25, 0.3) is 0 Å². The van der Waals surface area contributed by atoms with Gasteiger partial charge in [0.2, 0.25) is 0 Å². The first-order chi connectivity index (χ1) is 8.85. The van der Waals surface area contributed by atoms with Gasteiger partial charge in [-0.15, -0.1) is 0 Å². The minimum atomic E-state index is -1.25. The lowest BCUT2D eigenvalue weighted by Gasteiger charge is -2.38. The average Bonchev–Trinajstić information content (AvgIpc) is 2.78. The van der Waals surface area contributed by atoms with Crippen LogP contribution in [0.5, 0.6) is 0 Å². The lowest BCUT2D eigenvalue weighted by molar-refractivity contribution is -0.144. The van der Waals surface area contributed by atoms with Crippen molar-refractivity contribution in [2.75, 3.05) is 26.3 Å². The van der Waals surface area contributed by atoms with Crippen LogP contribution in [0.15, 0.2) is 0 Å². The normalized spacial score (nSPS) is 30.1. The summed E-state index contributed by atoms with van der Waals surface area (Å²) in [6.45, 7) is 6.15. The number of amides is 2. The zero-order valence-corrected chi connectivity index (χ0v) is 11.6. The lowest BCUT2D eigenvalue weighted by Crippen LogP contribution is -2.59. The molecule has 0 bridgehead atoms. The molecule has 0 aliphatic carbocycles. The predicted molar refractivity (Wildman–Crippen MR) is 68.9 cm³/mol. The minimum Gasteiger partial charge on any atom is -0.479 e. The maximum atomic E-state index is 12.2. The van der Waals surface area contributed by atoms with E-state index in [1.54, 1.807) is 4.90 Å². The van der Waals surface area contributed by atoms with Crippen molar-refractivity contribution < 1.29 is 19.4 Å². The van der Waals surface area contributed by atoms with Crippen molar-refractivity contribution in [3.63, 3.8) is 0 Å². The summed E-state index contributed by atoms with van der Waals surface area (Å²) in [4.78, 5) is 25.2. The molecule has 108 valence electrons. The monoisotopic (exact) mass is 270 g/mol. The largest absolute Gasteiger partial charge is 0.479 e. The molecule has 1 unspecified atom stereocenters. The third kappa shape index (κ3) is 3.00. The van der Waals surface area contributed by atoms with E-state index in [1.165, 1.54) is 0 Å². The van der Waals surface area contributed by atoms with Gasteiger partial charge in [-0.1, -0.05) is 13.8 Å². The molecule has 2 heterocycles. The summed E-state index contributed by atoms with van der Waals surface area (Å²) in [5, 5.41) is 11.9. The van der Waals surface area contributed by atoms with Gasteiger partial charge in [-0.3, -0.25) is 0 Å². The number of carboxylic acid groups (broad SMARTS) is 1. The van der Waals surface area contributed by atoms with E-state index < -0.39 is 11.5 Å². The predicted octanol–water partition coefficient (Wildman–Crippen LogP) is 1.06. The number of hydrogen-bond donors (Lipinski definition) is 2. The van der Waals surface area contributed by atoms with Gasteiger partial charge in [0.25, 0.3) is 0 Å². The summed E-state index contributed by atoms with van der Waals surface area (Å²) in [5.41, 5.74) is -0.984. The molecule has 0 radical (unpaired) electrons. The Labute approximate surface area is 113 Å². The van der Waals surface area contributed by atoms with Gasteiger partial charge < -0.3 is 20.1 Å². The van der Waals surface area contributed by atoms with Gasteiger partial charge in [0.05, 0.1) is 6.61 Å². The second kappa shape index (κ2) is 5.00. The molecular formula is C13H22N2O4. The summed E-state index contributed by atoms with van der Waals surface area (Å²) >= 11 is 0. The van der Waals surface area contributed by atoms with Gasteiger partial charge in [0, 0.05) is 26.1 Å². The standard InChI is InChI=1S/C13H22N2O4/c1-12(2)3-6-15(7-4-12)11(18)14-13(10(16)17)5-8-19-9-13/h3-9H2,1-2H3,(H,14,18)(H,16,17). The second-order valence-electron chi connectivity index (χ2n) is 6.27. The van der Waals surface area contributed by atoms with Crippen molar-refractivity contribution in [1.29, 1.82) is 0 Å². The van der Waals surface area contributed by atoms with Crippen molar-refractivity contribution in [2.45, 2.75) is 38.6 Å². The quantitative estimate of drug-likeness (QED) is 0.786. The highest BCUT2D eigenvalue weighted by atomic mass is 16.5. The Morgan fingerprint density at radius 2 is 1.84 bits per heavy atom. The molecule has 2 fully saturated rings. The van der Waals surface area contributed by atoms with E-state index >= 15 is 0 Å². The minimum absolute atomic E-state index is 0.0490. The third-order valence-electron chi connectivity index (χ3n) is 4.18. The van der Waals surface area contributed by atoms with Crippen molar-refractivity contribution in [3.05, 3.63) is 0 Å². The number of carbonyl (C=O) groups is 2. The first kappa shape index (κ1) is 14.1. The number of carboxylic acids is 1. The smallest absolute Gasteiger partial charge is 0.332 e. The van der Waals surface area contributed by atoms with Gasteiger partial charge in [-0.25, -0.2) is 9.59 Å². The van der Waals surface area contributed by atoms with Crippen molar-refractivity contribution in [2.24, 2.45) is 5.41 Å². The molecule has 0 aromatic rings. The van der Waals surface area contributed by atoms with E-state index in [0.29, 0.717) is 26.1 Å². The van der Waals surface area contributed by atoms with Crippen LogP contribution in [0.1, 0.15) is 33.1 Å². The van der Waals surface area contributed by atoms with Crippen molar-refractivity contribution in [3.8, 4) is 0 Å². The van der Waals surface area contributed by atoms with E-state index in [9.17, 15) is 14.7 Å². The Kier molecular flexibility index (Phi) is 3.71. The Balaban J connectivity index is 1.95. The maximum Gasteiger partial charge on any atom is 0.332 e. The summed E-state index contributed by atoms with van der Waals surface area (Å²) in [6, 6.07) is -0.289. The highest BCUT2D eigenvalue weighted by Crippen LogP contribution is 2.30. The zero-order chi connectivity index (χ0) is 14.1. The molecular weight excluding hydrogens is 248 g/mol. The van der Waals surface area contributed by atoms with Crippen LogP contribution in [0, 0.1) is 5.41 Å². The number of piperidine rings is 1. The molecule has 2 amide bonds. The lowest BCUT2D eigenvalue weighted by atomic mass is 9.83. The molecule has 2 N–H and O–H groups in total. The summed E-state index contributed by atoms with van der Waals surface area (Å²) in [6.07, 6.45) is 2.21. The second-order valence-corrected chi connectivity index (χ2v) is 6.27. The highest BCUT2D eigenvalue weighted by molar-refractivity contribution is 5.86. The number of aliphatic carboxylic acids is 1. The number of likely N-dealkylation sites (tertiary alicyclic amines) is 1. The van der Waals surface area contributed by atoms with E-state index in [2.05, 4.69) is 19.2 Å². The number of nitrogens with one attached hydrogen (secondary N) is 1. The number of nitrogens with zero attached hydrogens (tertiary/aromatic N) is 1. The first-order valence-electron chi connectivity index (χ1n) is 6.73. The van der Waals surface area contributed by atoms with E-state index in [0.717, 1.165) is 12.8 Å². The van der Waals surface area contributed by atoms with Crippen LogP contribution in [0.4, 0.5) is 4.79 Å². The zero-order valence-electron chi connectivity index (χ0n) is 11.6. The van der Waals surface area contributed by atoms with Crippen LogP contribution >= 0.6 is 0 Å². The molecule has 19 heavy (non-hydrogen) atoms. The summed E-state index contributed by atoms with van der Waals surface area (Å²) in [7, 11) is 0. The Morgan fingerprint density at radius 3 is 2.32 bits per heavy atom. The van der Waals surface area contributed by atoms with Crippen LogP contribution in [0.2, 0.25) is 0 Å². The first-order valence-corrected chi connectivity index (χ1v) is 6.73. The third-order valence-corrected chi connectivity index (χ3v) is 4.18. The number of ether oxygens (including phenoxy) is 1. The molecule has 2 saturated heterocycles. The fourth-order valence-corrected chi connectivity index (χ4v) is 2.48. The maximum absolute atomic E-state index is 12.2. The molecule has 2 aliphatic rings. The molecule has 0 spiro atoms. The molecule has 2 rings (SSSR count). The molecule has 6 nitrogen and oxygen atoms in total. The van der Waals surface area contributed by atoms with Gasteiger partial charge in [-0.2, -0.15) is 0 Å². The van der Waals surface area contributed by atoms with Gasteiger partial charge >= 0.3 is 12.0 Å². The van der Waals surface area contributed by atoms with Crippen LogP contribution in [0.3, 0.4) is 0 Å². The molecule has 0 aromatic carbocycles. The number of rotatable bonds is 2. The van der Waals surface area contributed by atoms with Crippen LogP contribution in [-0.4, -0.2) is 53.8 Å². The number of carbonyl (C=O) groups excluding carboxylic acids is 1. The summed E-state index contributed by atoms with van der Waals surface area (Å²) < 4.78 is 5.13. The van der Waals surface area contributed by atoms with Gasteiger partial charge in [-0.05, 0) is 18.3 Å². The number of urea groups is 1. The summed E-state index contributed by atoms with van der Waals surface area (Å²) in [5.74, 6) is -1.02. The number of hydrogen-bond acceptors (Lipinski definition) is 3. The van der Waals surface area contributed by atoms with Crippen molar-refractivity contribution >= 4 is 12.0 Å². The highest BCUT2D eigenvalue weighted by Gasteiger charge is 2.45. The Bertz CT molecular complexity index is 365. The van der Waals surface area contributed by atoms with Crippen molar-refractivity contribution in [1.82, 2.24) is 10.2 Å². The van der Waals surface area contributed by atoms with Gasteiger partial charge in [0.1, 0.15) is 0 Å². The van der Waals surface area contributed by atoms with E-state index in [-0.39, 0.29) is 18.1 Å². The molecule has 1 atom stereocenters. The SMILES string of the molecule is CC1(C)CCN(C(=O)NC2(C(=O)O)CCOC2)CC1. The topological polar surface area (TPSA) is 78.9 Å². The van der Waals surface area contributed by atoms with Gasteiger partial charge in [0.15, 0.2) is 5.54 Å². The molecule has 6 heteroatoms. The average molecular weight is 270 g/mol. The van der Waals surface area contributed by atoms with Crippen LogP contribution < -0.4 is 5.32 Å². The molecule has 0 aromatic heterocycles. The fraction of sp³-hybridized carbons (Fsp3) is 0.846.